The summed E-state index contributed by atoms with van der Waals surface area (Å²) in [6.45, 7) is 1.94. The van der Waals surface area contributed by atoms with Crippen molar-refractivity contribution in [2.75, 3.05) is 7.05 Å². The van der Waals surface area contributed by atoms with Crippen LogP contribution in [0.4, 0.5) is 0 Å². The summed E-state index contributed by atoms with van der Waals surface area (Å²) in [7, 11) is 1.78. The lowest BCUT2D eigenvalue weighted by Gasteiger charge is -2.02. The van der Waals surface area contributed by atoms with Crippen molar-refractivity contribution < 1.29 is 4.42 Å². The Morgan fingerprint density at radius 2 is 2.62 bits per heavy atom. The van der Waals surface area contributed by atoms with E-state index in [1.54, 1.807) is 7.05 Å². The lowest BCUT2D eigenvalue weighted by molar-refractivity contribution is 0.505. The van der Waals surface area contributed by atoms with E-state index in [2.05, 4.69) is 38.1 Å². The third-order valence-electron chi connectivity index (χ3n) is 1.60. The standard InChI is InChI=1S/C8H12IN3O/c1-6-8(13-5-11-6)7(9)3-4-12-10-2/h4-5,7,10H,3H2,1-2H3/b12-4-. The Morgan fingerprint density at radius 1 is 1.85 bits per heavy atom. The number of hydrazone groups is 1. The minimum atomic E-state index is 0.303. The SMILES string of the molecule is CN/N=C\CC(I)c1ocnc1C. The van der Waals surface area contributed by atoms with Crippen molar-refractivity contribution in [1.82, 2.24) is 10.4 Å². The van der Waals surface area contributed by atoms with E-state index in [1.165, 1.54) is 6.39 Å². The molecular formula is C8H12IN3O. The quantitative estimate of drug-likeness (QED) is 0.400. The maximum absolute atomic E-state index is 5.26. The fourth-order valence-electron chi connectivity index (χ4n) is 0.955. The molecule has 0 aliphatic heterocycles. The van der Waals surface area contributed by atoms with Gasteiger partial charge in [-0.15, -0.1) is 0 Å². The molecule has 0 spiro atoms. The number of aryl methyl sites for hydroxylation is 1. The highest BCUT2D eigenvalue weighted by Gasteiger charge is 2.12. The predicted octanol–water partition coefficient (Wildman–Crippen LogP) is 2.05. The molecule has 5 heteroatoms. The summed E-state index contributed by atoms with van der Waals surface area (Å²) in [4.78, 5) is 4.03. The Bertz CT molecular complexity index is 285. The average Bonchev–Trinajstić information content (AvgIpc) is 2.52. The topological polar surface area (TPSA) is 50.4 Å². The van der Waals surface area contributed by atoms with E-state index in [0.29, 0.717) is 3.92 Å². The lowest BCUT2D eigenvalue weighted by Crippen LogP contribution is -1.97. The molecule has 0 saturated carbocycles. The highest BCUT2D eigenvalue weighted by Crippen LogP contribution is 2.27. The van der Waals surface area contributed by atoms with Crippen molar-refractivity contribution in [2.24, 2.45) is 5.10 Å². The molecule has 0 amide bonds. The largest absolute Gasteiger partial charge is 0.447 e. The third-order valence-corrected chi connectivity index (χ3v) is 2.67. The van der Waals surface area contributed by atoms with Gasteiger partial charge in [0.25, 0.3) is 0 Å². The van der Waals surface area contributed by atoms with Gasteiger partial charge in [-0.2, -0.15) is 5.10 Å². The molecule has 0 radical (unpaired) electrons. The van der Waals surface area contributed by atoms with Crippen LogP contribution in [0.25, 0.3) is 0 Å². The van der Waals surface area contributed by atoms with E-state index in [0.717, 1.165) is 17.9 Å². The summed E-state index contributed by atoms with van der Waals surface area (Å²) >= 11 is 2.32. The highest BCUT2D eigenvalue weighted by atomic mass is 127. The van der Waals surface area contributed by atoms with Crippen molar-refractivity contribution >= 4 is 28.8 Å². The van der Waals surface area contributed by atoms with Gasteiger partial charge in [0.1, 0.15) is 5.76 Å². The van der Waals surface area contributed by atoms with Gasteiger partial charge in [-0.1, -0.05) is 22.6 Å². The van der Waals surface area contributed by atoms with Gasteiger partial charge in [-0.05, 0) is 6.92 Å². The van der Waals surface area contributed by atoms with Gasteiger partial charge in [-0.25, -0.2) is 4.98 Å². The van der Waals surface area contributed by atoms with Crippen LogP contribution < -0.4 is 5.43 Å². The van der Waals surface area contributed by atoms with Gasteiger partial charge < -0.3 is 9.84 Å². The van der Waals surface area contributed by atoms with Crippen LogP contribution >= 0.6 is 22.6 Å². The number of nitrogens with one attached hydrogen (secondary N) is 1. The highest BCUT2D eigenvalue weighted by molar-refractivity contribution is 14.1. The number of hydrogen-bond donors (Lipinski definition) is 1. The lowest BCUT2D eigenvalue weighted by atomic mass is 10.2. The molecule has 1 heterocycles. The molecule has 0 aromatic carbocycles. The van der Waals surface area contributed by atoms with Crippen LogP contribution in [0.1, 0.15) is 21.8 Å². The number of aromatic nitrogens is 1. The molecule has 1 unspecified atom stereocenters. The minimum Gasteiger partial charge on any atom is -0.447 e. The van der Waals surface area contributed by atoms with Crippen LogP contribution in [0.15, 0.2) is 15.9 Å². The molecule has 1 aromatic heterocycles. The number of halogens is 1. The van der Waals surface area contributed by atoms with E-state index in [4.69, 9.17) is 4.42 Å². The Morgan fingerprint density at radius 3 is 3.15 bits per heavy atom. The Labute approximate surface area is 90.9 Å². The predicted molar refractivity (Wildman–Crippen MR) is 60.2 cm³/mol. The van der Waals surface area contributed by atoms with Crippen molar-refractivity contribution in [3.63, 3.8) is 0 Å². The van der Waals surface area contributed by atoms with E-state index >= 15 is 0 Å². The van der Waals surface area contributed by atoms with Crippen molar-refractivity contribution in [1.29, 1.82) is 0 Å². The summed E-state index contributed by atoms with van der Waals surface area (Å²) in [5.41, 5.74) is 3.66. The molecule has 4 nitrogen and oxygen atoms in total. The summed E-state index contributed by atoms with van der Waals surface area (Å²) < 4.78 is 5.56. The van der Waals surface area contributed by atoms with Crippen LogP contribution in [0.2, 0.25) is 0 Å². The fraction of sp³-hybridized carbons (Fsp3) is 0.500. The second-order valence-electron chi connectivity index (χ2n) is 2.54. The number of rotatable bonds is 4. The second-order valence-corrected chi connectivity index (χ2v) is 4.04. The zero-order valence-electron chi connectivity index (χ0n) is 7.62. The van der Waals surface area contributed by atoms with E-state index in [9.17, 15) is 0 Å². The first-order valence-electron chi connectivity index (χ1n) is 3.98. The zero-order valence-corrected chi connectivity index (χ0v) is 9.78. The smallest absolute Gasteiger partial charge is 0.181 e. The average molecular weight is 293 g/mol. The minimum absolute atomic E-state index is 0.303. The molecule has 72 valence electrons. The Kier molecular flexibility index (Phi) is 4.20. The van der Waals surface area contributed by atoms with Crippen molar-refractivity contribution in [2.45, 2.75) is 17.3 Å². The summed E-state index contributed by atoms with van der Waals surface area (Å²) in [6.07, 6.45) is 4.15. The van der Waals surface area contributed by atoms with E-state index < -0.39 is 0 Å². The Balaban J connectivity index is 2.53. The summed E-state index contributed by atoms with van der Waals surface area (Å²) in [5.74, 6) is 0.933. The van der Waals surface area contributed by atoms with E-state index in [1.807, 2.05) is 13.1 Å². The first kappa shape index (κ1) is 10.5. The normalized spacial score (nSPS) is 13.5. The van der Waals surface area contributed by atoms with Gasteiger partial charge in [0.05, 0.1) is 9.62 Å². The third kappa shape index (κ3) is 2.98. The van der Waals surface area contributed by atoms with Gasteiger partial charge >= 0.3 is 0 Å². The number of oxazole rings is 1. The first-order valence-corrected chi connectivity index (χ1v) is 5.22. The van der Waals surface area contributed by atoms with Crippen LogP contribution in [0.5, 0.6) is 0 Å². The molecule has 1 aromatic rings. The van der Waals surface area contributed by atoms with Crippen LogP contribution in [-0.4, -0.2) is 18.2 Å². The number of hydrogen-bond acceptors (Lipinski definition) is 4. The first-order chi connectivity index (χ1) is 6.25. The maximum Gasteiger partial charge on any atom is 0.181 e. The van der Waals surface area contributed by atoms with Crippen LogP contribution in [0.3, 0.4) is 0 Å². The van der Waals surface area contributed by atoms with E-state index in [-0.39, 0.29) is 0 Å². The summed E-state index contributed by atoms with van der Waals surface area (Å²) in [6, 6.07) is 0. The van der Waals surface area contributed by atoms with Crippen LogP contribution in [0, 0.1) is 6.92 Å². The monoisotopic (exact) mass is 293 g/mol. The molecule has 0 fully saturated rings. The van der Waals surface area contributed by atoms with Crippen molar-refractivity contribution in [3.8, 4) is 0 Å². The zero-order chi connectivity index (χ0) is 9.68. The molecule has 1 atom stereocenters. The van der Waals surface area contributed by atoms with Gasteiger partial charge in [-0.3, -0.25) is 0 Å². The Hall–Kier alpha value is -0.590. The molecule has 0 bridgehead atoms. The number of nitrogens with zero attached hydrogens (tertiary/aromatic N) is 2. The molecule has 13 heavy (non-hydrogen) atoms. The molecule has 0 aliphatic carbocycles. The number of alkyl halides is 1. The second kappa shape index (κ2) is 5.21. The fourth-order valence-corrected chi connectivity index (χ4v) is 1.78. The molecule has 1 N–H and O–H groups in total. The molecule has 0 aliphatic rings. The van der Waals surface area contributed by atoms with Crippen molar-refractivity contribution in [3.05, 3.63) is 17.8 Å². The van der Waals surface area contributed by atoms with Gasteiger partial charge in [0.15, 0.2) is 6.39 Å². The molecular weight excluding hydrogens is 281 g/mol. The summed E-state index contributed by atoms with van der Waals surface area (Å²) in [5, 5.41) is 3.91. The maximum atomic E-state index is 5.26. The van der Waals surface area contributed by atoms with Gasteiger partial charge in [0.2, 0.25) is 0 Å². The van der Waals surface area contributed by atoms with Crippen LogP contribution in [-0.2, 0) is 0 Å². The van der Waals surface area contributed by atoms with Gasteiger partial charge in [0, 0.05) is 19.7 Å². The molecule has 1 rings (SSSR count). The molecule has 0 saturated heterocycles.